The lowest BCUT2D eigenvalue weighted by Gasteiger charge is -2.29. The van der Waals surface area contributed by atoms with Crippen LogP contribution in [0.4, 0.5) is 10.1 Å². The molecule has 1 aromatic carbocycles. The maximum absolute atomic E-state index is 13.3. The molecule has 3 rings (SSSR count). The van der Waals surface area contributed by atoms with Crippen LogP contribution in [0, 0.1) is 17.1 Å². The van der Waals surface area contributed by atoms with Crippen molar-refractivity contribution < 1.29 is 4.39 Å². The van der Waals surface area contributed by atoms with Crippen LogP contribution in [0.1, 0.15) is 5.56 Å². The van der Waals surface area contributed by atoms with E-state index in [1.165, 1.54) is 12.1 Å². The van der Waals surface area contributed by atoms with E-state index in [0.29, 0.717) is 0 Å². The van der Waals surface area contributed by atoms with E-state index in [1.54, 1.807) is 6.07 Å². The van der Waals surface area contributed by atoms with Crippen molar-refractivity contribution in [1.82, 2.24) is 16.0 Å². The van der Waals surface area contributed by atoms with Crippen LogP contribution in [0.3, 0.4) is 0 Å². The molecule has 2 fully saturated rings. The highest BCUT2D eigenvalue weighted by atomic mass is 19.1. The highest BCUT2D eigenvalue weighted by Gasteiger charge is 2.12. The summed E-state index contributed by atoms with van der Waals surface area (Å²) in [4.78, 5) is 2.11. The van der Waals surface area contributed by atoms with E-state index >= 15 is 0 Å². The van der Waals surface area contributed by atoms with Crippen molar-refractivity contribution in [2.45, 2.75) is 0 Å². The SMILES string of the molecule is C1CNCCN1.N#Cc1ccc(N2CCNCC2)cc1F. The average Bonchev–Trinajstić information content (AvgIpc) is 2.58. The van der Waals surface area contributed by atoms with Gasteiger partial charge in [0.1, 0.15) is 11.9 Å². The lowest BCUT2D eigenvalue weighted by molar-refractivity contribution is 0.534. The second-order valence-electron chi connectivity index (χ2n) is 5.01. The molecule has 0 unspecified atom stereocenters. The molecule has 5 nitrogen and oxygen atoms in total. The Morgan fingerprint density at radius 1 is 0.952 bits per heavy atom. The highest BCUT2D eigenvalue weighted by Crippen LogP contribution is 2.18. The highest BCUT2D eigenvalue weighted by molar-refractivity contribution is 5.50. The zero-order valence-corrected chi connectivity index (χ0v) is 12.2. The Hall–Kier alpha value is -1.68. The van der Waals surface area contributed by atoms with Crippen molar-refractivity contribution in [1.29, 1.82) is 5.26 Å². The molecule has 0 spiro atoms. The summed E-state index contributed by atoms with van der Waals surface area (Å²) in [5.41, 5.74) is 0.960. The number of hydrogen-bond acceptors (Lipinski definition) is 5. The Morgan fingerprint density at radius 2 is 1.52 bits per heavy atom. The summed E-state index contributed by atoms with van der Waals surface area (Å²) in [6.45, 7) is 8.15. The summed E-state index contributed by atoms with van der Waals surface area (Å²) in [6.07, 6.45) is 0. The molecule has 0 aromatic heterocycles. The van der Waals surface area contributed by atoms with Gasteiger partial charge >= 0.3 is 0 Å². The molecule has 0 saturated carbocycles. The number of nitriles is 1. The topological polar surface area (TPSA) is 63.1 Å². The summed E-state index contributed by atoms with van der Waals surface area (Å²) in [5, 5.41) is 18.3. The van der Waals surface area contributed by atoms with E-state index in [0.717, 1.165) is 58.0 Å². The number of nitrogens with one attached hydrogen (secondary N) is 3. The van der Waals surface area contributed by atoms with Crippen LogP contribution in [-0.4, -0.2) is 52.4 Å². The third-order valence-corrected chi connectivity index (χ3v) is 3.51. The van der Waals surface area contributed by atoms with Gasteiger partial charge in [0.15, 0.2) is 0 Å². The van der Waals surface area contributed by atoms with Gasteiger partial charge in [-0.1, -0.05) is 0 Å². The van der Waals surface area contributed by atoms with Gasteiger partial charge in [-0.25, -0.2) is 4.39 Å². The summed E-state index contributed by atoms with van der Waals surface area (Å²) in [6, 6.07) is 6.59. The average molecular weight is 291 g/mol. The molecular formula is C15H22FN5. The fraction of sp³-hybridized carbons (Fsp3) is 0.533. The minimum atomic E-state index is -0.437. The number of hydrogen-bond donors (Lipinski definition) is 3. The van der Waals surface area contributed by atoms with Crippen LogP contribution < -0.4 is 20.9 Å². The smallest absolute Gasteiger partial charge is 0.143 e. The third kappa shape index (κ3) is 4.97. The molecule has 2 aliphatic heterocycles. The zero-order valence-electron chi connectivity index (χ0n) is 12.2. The lowest BCUT2D eigenvalue weighted by atomic mass is 10.2. The first kappa shape index (κ1) is 15.7. The molecule has 2 saturated heterocycles. The van der Waals surface area contributed by atoms with E-state index in [1.807, 2.05) is 6.07 Å². The number of nitrogens with zero attached hydrogens (tertiary/aromatic N) is 2. The molecule has 114 valence electrons. The molecule has 3 N–H and O–H groups in total. The number of rotatable bonds is 1. The normalized spacial score (nSPS) is 18.4. The van der Waals surface area contributed by atoms with Gasteiger partial charge in [-0.3, -0.25) is 0 Å². The number of piperazine rings is 2. The predicted octanol–water partition coefficient (Wildman–Crippen LogP) is 0.286. The molecule has 0 aliphatic carbocycles. The van der Waals surface area contributed by atoms with Crippen LogP contribution in [0.5, 0.6) is 0 Å². The Kier molecular flexibility index (Phi) is 6.41. The quantitative estimate of drug-likeness (QED) is 0.694. The molecule has 0 amide bonds. The Balaban J connectivity index is 0.000000225. The molecule has 0 bridgehead atoms. The molecule has 2 aliphatic rings. The molecule has 6 heteroatoms. The zero-order chi connectivity index (χ0) is 14.9. The third-order valence-electron chi connectivity index (χ3n) is 3.51. The van der Waals surface area contributed by atoms with E-state index < -0.39 is 5.82 Å². The van der Waals surface area contributed by atoms with Gasteiger partial charge in [0.2, 0.25) is 0 Å². The molecule has 0 atom stereocenters. The van der Waals surface area contributed by atoms with Crippen LogP contribution in [0.2, 0.25) is 0 Å². The fourth-order valence-corrected chi connectivity index (χ4v) is 2.32. The standard InChI is InChI=1S/C11H12FN3.C4H10N2/c12-11-7-10(2-1-9(11)8-13)15-5-3-14-4-6-15;1-2-6-4-3-5-1/h1-2,7,14H,3-6H2;5-6H,1-4H2. The van der Waals surface area contributed by atoms with Crippen molar-refractivity contribution in [3.8, 4) is 6.07 Å². The van der Waals surface area contributed by atoms with Crippen molar-refractivity contribution in [3.63, 3.8) is 0 Å². The summed E-state index contributed by atoms with van der Waals surface area (Å²) >= 11 is 0. The maximum Gasteiger partial charge on any atom is 0.143 e. The number of anilines is 1. The molecule has 2 heterocycles. The van der Waals surface area contributed by atoms with Crippen LogP contribution >= 0.6 is 0 Å². The van der Waals surface area contributed by atoms with E-state index in [4.69, 9.17) is 5.26 Å². The van der Waals surface area contributed by atoms with Gasteiger partial charge in [0, 0.05) is 58.0 Å². The minimum absolute atomic E-state index is 0.105. The summed E-state index contributed by atoms with van der Waals surface area (Å²) in [7, 11) is 0. The van der Waals surface area contributed by atoms with Crippen molar-refractivity contribution in [2.24, 2.45) is 0 Å². The van der Waals surface area contributed by atoms with Gasteiger partial charge in [-0.2, -0.15) is 5.26 Å². The van der Waals surface area contributed by atoms with Gasteiger partial charge < -0.3 is 20.9 Å². The number of halogens is 1. The van der Waals surface area contributed by atoms with Gasteiger partial charge in [-0.15, -0.1) is 0 Å². The monoisotopic (exact) mass is 291 g/mol. The largest absolute Gasteiger partial charge is 0.369 e. The Morgan fingerprint density at radius 3 is 2.00 bits per heavy atom. The van der Waals surface area contributed by atoms with Crippen molar-refractivity contribution >= 4 is 5.69 Å². The minimum Gasteiger partial charge on any atom is -0.369 e. The van der Waals surface area contributed by atoms with E-state index in [-0.39, 0.29) is 5.56 Å². The second kappa shape index (κ2) is 8.57. The van der Waals surface area contributed by atoms with Crippen molar-refractivity contribution in [3.05, 3.63) is 29.6 Å². The molecular weight excluding hydrogens is 269 g/mol. The molecule has 1 aromatic rings. The first-order valence-electron chi connectivity index (χ1n) is 7.38. The summed E-state index contributed by atoms with van der Waals surface area (Å²) < 4.78 is 13.3. The van der Waals surface area contributed by atoms with Gasteiger partial charge in [0.25, 0.3) is 0 Å². The van der Waals surface area contributed by atoms with E-state index in [2.05, 4.69) is 20.9 Å². The maximum atomic E-state index is 13.3. The van der Waals surface area contributed by atoms with Gasteiger partial charge in [-0.05, 0) is 18.2 Å². The fourth-order valence-electron chi connectivity index (χ4n) is 2.32. The second-order valence-corrected chi connectivity index (χ2v) is 5.01. The first-order chi connectivity index (χ1) is 10.3. The lowest BCUT2D eigenvalue weighted by Crippen LogP contribution is -2.43. The van der Waals surface area contributed by atoms with Crippen molar-refractivity contribution in [2.75, 3.05) is 57.3 Å². The first-order valence-corrected chi connectivity index (χ1v) is 7.38. The van der Waals surface area contributed by atoms with Gasteiger partial charge in [0.05, 0.1) is 5.56 Å². The number of benzene rings is 1. The predicted molar refractivity (Wildman–Crippen MR) is 81.9 cm³/mol. The van der Waals surface area contributed by atoms with Crippen LogP contribution in [-0.2, 0) is 0 Å². The van der Waals surface area contributed by atoms with Crippen LogP contribution in [0.25, 0.3) is 0 Å². The molecule has 21 heavy (non-hydrogen) atoms. The van der Waals surface area contributed by atoms with Crippen LogP contribution in [0.15, 0.2) is 18.2 Å². The summed E-state index contributed by atoms with van der Waals surface area (Å²) in [5.74, 6) is -0.437. The molecule has 0 radical (unpaired) electrons. The Bertz CT molecular complexity index is 464. The van der Waals surface area contributed by atoms with E-state index in [9.17, 15) is 4.39 Å². The Labute approximate surface area is 125 Å².